The van der Waals surface area contributed by atoms with Crippen molar-refractivity contribution < 1.29 is 14.0 Å². The summed E-state index contributed by atoms with van der Waals surface area (Å²) >= 11 is 0. The van der Waals surface area contributed by atoms with Gasteiger partial charge in [-0.2, -0.15) is 5.10 Å². The predicted octanol–water partition coefficient (Wildman–Crippen LogP) is 3.81. The monoisotopic (exact) mass is 421 g/mol. The van der Waals surface area contributed by atoms with Crippen LogP contribution in [0.25, 0.3) is 11.4 Å². The van der Waals surface area contributed by atoms with Crippen molar-refractivity contribution in [3.05, 3.63) is 58.5 Å². The Kier molecular flexibility index (Phi) is 4.84. The molecule has 2 amide bonds. The number of carbonyl (C=O) groups excluding carboxylic acids is 2. The molecule has 2 aromatic heterocycles. The molecule has 1 saturated carbocycles. The maximum absolute atomic E-state index is 13.8. The summed E-state index contributed by atoms with van der Waals surface area (Å²) in [7, 11) is 0. The maximum atomic E-state index is 13.8. The van der Waals surface area contributed by atoms with Gasteiger partial charge in [0.25, 0.3) is 11.8 Å². The van der Waals surface area contributed by atoms with E-state index in [2.05, 4.69) is 20.8 Å². The highest BCUT2D eigenvalue weighted by atomic mass is 19.1. The van der Waals surface area contributed by atoms with Gasteiger partial charge in [-0.1, -0.05) is 18.9 Å². The molecule has 0 atom stereocenters. The highest BCUT2D eigenvalue weighted by molar-refractivity contribution is 6.04. The number of carbonyl (C=O) groups is 2. The number of fused-ring (bicyclic) bond motifs is 3. The van der Waals surface area contributed by atoms with Crippen LogP contribution in [0, 0.1) is 12.7 Å². The molecule has 3 aromatic rings. The Morgan fingerprint density at radius 1 is 1.16 bits per heavy atom. The molecular weight excluding hydrogens is 397 g/mol. The average molecular weight is 421 g/mol. The van der Waals surface area contributed by atoms with Crippen LogP contribution in [-0.2, 0) is 13.0 Å². The van der Waals surface area contributed by atoms with Gasteiger partial charge in [0, 0.05) is 29.9 Å². The molecule has 1 fully saturated rings. The Morgan fingerprint density at radius 2 is 1.97 bits per heavy atom. The molecule has 0 saturated heterocycles. The van der Waals surface area contributed by atoms with Crippen molar-refractivity contribution in [1.82, 2.24) is 20.1 Å². The van der Waals surface area contributed by atoms with Gasteiger partial charge in [-0.15, -0.1) is 0 Å². The van der Waals surface area contributed by atoms with E-state index in [1.807, 2.05) is 16.8 Å². The van der Waals surface area contributed by atoms with Crippen LogP contribution in [0.5, 0.6) is 0 Å². The third-order valence-corrected chi connectivity index (χ3v) is 6.24. The molecule has 1 aromatic carbocycles. The summed E-state index contributed by atoms with van der Waals surface area (Å²) in [5, 5.41) is 13.2. The number of aryl methyl sites for hydroxylation is 2. The van der Waals surface area contributed by atoms with Crippen molar-refractivity contribution in [3.8, 4) is 11.4 Å². The third kappa shape index (κ3) is 3.62. The second-order valence-corrected chi connectivity index (χ2v) is 8.36. The van der Waals surface area contributed by atoms with Gasteiger partial charge in [0.05, 0.1) is 17.0 Å². The minimum atomic E-state index is -0.419. The molecule has 2 aliphatic rings. The van der Waals surface area contributed by atoms with Gasteiger partial charge >= 0.3 is 0 Å². The summed E-state index contributed by atoms with van der Waals surface area (Å²) in [6.45, 7) is 2.33. The van der Waals surface area contributed by atoms with E-state index in [1.54, 1.807) is 19.1 Å². The lowest BCUT2D eigenvalue weighted by Gasteiger charge is -2.16. The number of aromatic amines is 1. The molecule has 1 aliphatic carbocycles. The SMILES string of the molecule is Cc1ccc(C(=O)Nc2n[nH]c3c2CCn2cc(C(=O)NC4CCCC4)cc2-3)cc1F. The van der Waals surface area contributed by atoms with Gasteiger partial charge in [0.15, 0.2) is 5.82 Å². The minimum Gasteiger partial charge on any atom is -0.349 e. The van der Waals surface area contributed by atoms with E-state index in [0.717, 1.165) is 29.8 Å². The molecule has 1 aliphatic heterocycles. The lowest BCUT2D eigenvalue weighted by atomic mass is 10.1. The van der Waals surface area contributed by atoms with E-state index in [-0.39, 0.29) is 17.5 Å². The largest absolute Gasteiger partial charge is 0.349 e. The normalized spacial score (nSPS) is 15.4. The Bertz CT molecular complexity index is 1170. The average Bonchev–Trinajstić information content (AvgIpc) is 3.49. The number of hydrogen-bond donors (Lipinski definition) is 3. The van der Waals surface area contributed by atoms with Crippen LogP contribution in [0.1, 0.15) is 57.5 Å². The van der Waals surface area contributed by atoms with Gasteiger partial charge in [0.1, 0.15) is 5.82 Å². The van der Waals surface area contributed by atoms with Crippen molar-refractivity contribution in [2.75, 3.05) is 5.32 Å². The van der Waals surface area contributed by atoms with Crippen LogP contribution in [0.4, 0.5) is 10.2 Å². The summed E-state index contributed by atoms with van der Waals surface area (Å²) in [5.41, 5.74) is 3.90. The molecule has 31 heavy (non-hydrogen) atoms. The number of aromatic nitrogens is 3. The second kappa shape index (κ2) is 7.68. The van der Waals surface area contributed by atoms with Crippen LogP contribution in [0.2, 0.25) is 0 Å². The fourth-order valence-electron chi connectivity index (χ4n) is 4.44. The number of anilines is 1. The summed E-state index contributed by atoms with van der Waals surface area (Å²) in [6.07, 6.45) is 6.94. The summed E-state index contributed by atoms with van der Waals surface area (Å²) in [5.74, 6) is -0.445. The van der Waals surface area contributed by atoms with E-state index >= 15 is 0 Å². The number of amides is 2. The molecule has 7 nitrogen and oxygen atoms in total. The molecule has 0 bridgehead atoms. The molecule has 0 spiro atoms. The fourth-order valence-corrected chi connectivity index (χ4v) is 4.44. The molecule has 3 heterocycles. The van der Waals surface area contributed by atoms with E-state index in [9.17, 15) is 14.0 Å². The Balaban J connectivity index is 1.36. The fraction of sp³-hybridized carbons (Fsp3) is 0.348. The van der Waals surface area contributed by atoms with Gasteiger partial charge in [-0.25, -0.2) is 4.39 Å². The Morgan fingerprint density at radius 3 is 2.74 bits per heavy atom. The Labute approximate surface area is 179 Å². The van der Waals surface area contributed by atoms with E-state index in [1.165, 1.54) is 18.9 Å². The van der Waals surface area contributed by atoms with Crippen LogP contribution in [-0.4, -0.2) is 32.6 Å². The quantitative estimate of drug-likeness (QED) is 0.598. The zero-order valence-corrected chi connectivity index (χ0v) is 17.3. The number of hydrogen-bond acceptors (Lipinski definition) is 3. The van der Waals surface area contributed by atoms with Crippen LogP contribution < -0.4 is 10.6 Å². The first-order valence-electron chi connectivity index (χ1n) is 10.7. The van der Waals surface area contributed by atoms with Gasteiger partial charge in [-0.3, -0.25) is 14.7 Å². The standard InChI is InChI=1S/C23H24FN5O2/c1-13-6-7-14(10-18(13)24)22(30)26-21-17-8-9-29-12-15(11-19(29)20(17)27-28-21)23(31)25-16-4-2-3-5-16/h6-7,10-12,16H,2-5,8-9H2,1H3,(H,25,31)(H2,26,27,28,30). The third-order valence-electron chi connectivity index (χ3n) is 6.24. The number of nitrogens with zero attached hydrogens (tertiary/aromatic N) is 2. The molecule has 3 N–H and O–H groups in total. The van der Waals surface area contributed by atoms with Crippen molar-refractivity contribution >= 4 is 17.6 Å². The smallest absolute Gasteiger partial charge is 0.256 e. The molecule has 8 heteroatoms. The zero-order valence-electron chi connectivity index (χ0n) is 17.3. The lowest BCUT2D eigenvalue weighted by Crippen LogP contribution is -2.32. The van der Waals surface area contributed by atoms with E-state index in [0.29, 0.717) is 29.9 Å². The molecule has 0 radical (unpaired) electrons. The minimum absolute atomic E-state index is 0.0511. The first-order chi connectivity index (χ1) is 15.0. The predicted molar refractivity (Wildman–Crippen MR) is 115 cm³/mol. The lowest BCUT2D eigenvalue weighted by molar-refractivity contribution is 0.0937. The summed E-state index contributed by atoms with van der Waals surface area (Å²) < 4.78 is 15.8. The van der Waals surface area contributed by atoms with Gasteiger partial charge in [-0.05, 0) is 49.9 Å². The van der Waals surface area contributed by atoms with Crippen LogP contribution in [0.15, 0.2) is 30.5 Å². The zero-order chi connectivity index (χ0) is 21.5. The highest BCUT2D eigenvalue weighted by Gasteiger charge is 2.26. The topological polar surface area (TPSA) is 91.8 Å². The molecule has 5 rings (SSSR count). The van der Waals surface area contributed by atoms with Crippen LogP contribution >= 0.6 is 0 Å². The van der Waals surface area contributed by atoms with Gasteiger partial charge < -0.3 is 15.2 Å². The number of H-pyrrole nitrogens is 1. The number of nitrogens with one attached hydrogen (secondary N) is 3. The van der Waals surface area contributed by atoms with E-state index < -0.39 is 11.7 Å². The Hall–Kier alpha value is -3.42. The molecule has 160 valence electrons. The molecular formula is C23H24FN5O2. The first kappa shape index (κ1) is 19.5. The van der Waals surface area contributed by atoms with Gasteiger partial charge in [0.2, 0.25) is 0 Å². The summed E-state index contributed by atoms with van der Waals surface area (Å²) in [4.78, 5) is 25.2. The van der Waals surface area contributed by atoms with Crippen molar-refractivity contribution in [1.29, 1.82) is 0 Å². The van der Waals surface area contributed by atoms with E-state index in [4.69, 9.17) is 0 Å². The molecule has 0 unspecified atom stereocenters. The maximum Gasteiger partial charge on any atom is 0.256 e. The number of halogens is 1. The van der Waals surface area contributed by atoms with Crippen molar-refractivity contribution in [2.45, 2.75) is 51.6 Å². The highest BCUT2D eigenvalue weighted by Crippen LogP contribution is 2.33. The number of benzene rings is 1. The number of rotatable bonds is 4. The van der Waals surface area contributed by atoms with Crippen molar-refractivity contribution in [3.63, 3.8) is 0 Å². The van der Waals surface area contributed by atoms with Crippen molar-refractivity contribution in [2.24, 2.45) is 0 Å². The first-order valence-corrected chi connectivity index (χ1v) is 10.7. The summed E-state index contributed by atoms with van der Waals surface area (Å²) in [6, 6.07) is 6.52. The second-order valence-electron chi connectivity index (χ2n) is 8.36. The van der Waals surface area contributed by atoms with Crippen LogP contribution in [0.3, 0.4) is 0 Å².